The summed E-state index contributed by atoms with van der Waals surface area (Å²) >= 11 is 0. The Bertz CT molecular complexity index is 442. The summed E-state index contributed by atoms with van der Waals surface area (Å²) in [6, 6.07) is 1.61. The van der Waals surface area contributed by atoms with Gasteiger partial charge in [0.25, 0.3) is 0 Å². The Morgan fingerprint density at radius 3 is 2.76 bits per heavy atom. The van der Waals surface area contributed by atoms with Crippen LogP contribution in [0, 0.1) is 17.7 Å². The normalized spacial score (nSPS) is 15.9. The van der Waals surface area contributed by atoms with E-state index in [1.54, 1.807) is 6.07 Å². The Morgan fingerprint density at radius 2 is 2.10 bits per heavy atom. The number of hydrogen-bond donors (Lipinski definition) is 1. The first-order valence-corrected chi connectivity index (χ1v) is 8.12. The van der Waals surface area contributed by atoms with Gasteiger partial charge in [0.05, 0.1) is 6.20 Å². The molecule has 0 radical (unpaired) electrons. The molecule has 0 unspecified atom stereocenters. The number of pyridine rings is 1. The molecule has 0 spiro atoms. The molecule has 1 fully saturated rings. The smallest absolute Gasteiger partial charge is 0.141 e. The predicted octanol–water partition coefficient (Wildman–Crippen LogP) is 3.59. The number of nitrogens with one attached hydrogen (secondary N) is 1. The van der Waals surface area contributed by atoms with E-state index in [2.05, 4.69) is 36.1 Å². The summed E-state index contributed by atoms with van der Waals surface area (Å²) < 4.78 is 13.5. The van der Waals surface area contributed by atoms with E-state index in [-0.39, 0.29) is 5.82 Å². The molecule has 0 saturated heterocycles. The standard InChI is InChI=1S/C17H28FN3/c1-13(2)9-19-10-15-8-16(18)11-20-17(15)21(3)12-14-6-4-5-7-14/h8,11,13-14,19H,4-7,9-10,12H2,1-3H3. The van der Waals surface area contributed by atoms with Gasteiger partial charge in [0.2, 0.25) is 0 Å². The molecule has 21 heavy (non-hydrogen) atoms. The molecule has 1 N–H and O–H groups in total. The topological polar surface area (TPSA) is 28.2 Å². The van der Waals surface area contributed by atoms with Crippen LogP contribution >= 0.6 is 0 Å². The molecule has 0 bridgehead atoms. The maximum absolute atomic E-state index is 13.5. The fraction of sp³-hybridized carbons (Fsp3) is 0.706. The number of aromatic nitrogens is 1. The van der Waals surface area contributed by atoms with Crippen LogP contribution in [-0.2, 0) is 6.54 Å². The summed E-state index contributed by atoms with van der Waals surface area (Å²) in [7, 11) is 2.07. The highest BCUT2D eigenvalue weighted by Crippen LogP contribution is 2.27. The number of rotatable bonds is 7. The SMILES string of the molecule is CC(C)CNCc1cc(F)cnc1N(C)CC1CCCC1. The molecule has 1 aliphatic carbocycles. The van der Waals surface area contributed by atoms with Crippen LogP contribution in [0.15, 0.2) is 12.3 Å². The van der Waals surface area contributed by atoms with Crippen LogP contribution < -0.4 is 10.2 Å². The molecule has 1 aliphatic rings. The molecule has 4 heteroatoms. The third-order valence-corrected chi connectivity index (χ3v) is 4.15. The average Bonchev–Trinajstić information content (AvgIpc) is 2.91. The third-order valence-electron chi connectivity index (χ3n) is 4.15. The van der Waals surface area contributed by atoms with Crippen LogP contribution in [0.1, 0.15) is 45.1 Å². The number of hydrogen-bond acceptors (Lipinski definition) is 3. The molecular weight excluding hydrogens is 265 g/mol. The van der Waals surface area contributed by atoms with E-state index in [0.717, 1.165) is 30.4 Å². The van der Waals surface area contributed by atoms with Gasteiger partial charge in [-0.3, -0.25) is 0 Å². The van der Waals surface area contributed by atoms with Gasteiger partial charge < -0.3 is 10.2 Å². The Morgan fingerprint density at radius 1 is 1.38 bits per heavy atom. The second-order valence-electron chi connectivity index (χ2n) is 6.69. The average molecular weight is 293 g/mol. The lowest BCUT2D eigenvalue weighted by atomic mass is 10.1. The fourth-order valence-electron chi connectivity index (χ4n) is 3.11. The lowest BCUT2D eigenvalue weighted by Crippen LogP contribution is -2.27. The zero-order valence-electron chi connectivity index (χ0n) is 13.5. The monoisotopic (exact) mass is 293 g/mol. The van der Waals surface area contributed by atoms with Crippen molar-refractivity contribution in [2.75, 3.05) is 25.0 Å². The molecular formula is C17H28FN3. The summed E-state index contributed by atoms with van der Waals surface area (Å²) in [5, 5.41) is 3.38. The number of nitrogens with zero attached hydrogens (tertiary/aromatic N) is 2. The van der Waals surface area contributed by atoms with Crippen LogP contribution in [0.4, 0.5) is 10.2 Å². The molecule has 1 heterocycles. The van der Waals surface area contributed by atoms with Gasteiger partial charge in [-0.2, -0.15) is 0 Å². The van der Waals surface area contributed by atoms with E-state index in [1.165, 1.54) is 31.9 Å². The number of halogens is 1. The van der Waals surface area contributed by atoms with Gasteiger partial charge in [0.1, 0.15) is 11.6 Å². The summed E-state index contributed by atoms with van der Waals surface area (Å²) in [6.45, 7) is 6.97. The van der Waals surface area contributed by atoms with E-state index >= 15 is 0 Å². The quantitative estimate of drug-likeness (QED) is 0.832. The van der Waals surface area contributed by atoms with Gasteiger partial charge >= 0.3 is 0 Å². The zero-order chi connectivity index (χ0) is 15.2. The summed E-state index contributed by atoms with van der Waals surface area (Å²) in [4.78, 5) is 6.53. The first-order chi connectivity index (χ1) is 10.1. The Labute approximate surface area is 127 Å². The first-order valence-electron chi connectivity index (χ1n) is 8.12. The van der Waals surface area contributed by atoms with E-state index in [1.807, 2.05) is 0 Å². The van der Waals surface area contributed by atoms with Crippen LogP contribution in [0.3, 0.4) is 0 Å². The van der Waals surface area contributed by atoms with E-state index in [4.69, 9.17) is 0 Å². The van der Waals surface area contributed by atoms with Crippen molar-refractivity contribution in [1.29, 1.82) is 0 Å². The lowest BCUT2D eigenvalue weighted by Gasteiger charge is -2.24. The molecule has 1 aromatic rings. The van der Waals surface area contributed by atoms with Crippen molar-refractivity contribution in [3.63, 3.8) is 0 Å². The predicted molar refractivity (Wildman–Crippen MR) is 86.0 cm³/mol. The van der Waals surface area contributed by atoms with Gasteiger partial charge in [0.15, 0.2) is 0 Å². The van der Waals surface area contributed by atoms with Crippen LogP contribution in [0.25, 0.3) is 0 Å². The van der Waals surface area contributed by atoms with Gasteiger partial charge in [0, 0.05) is 25.7 Å². The maximum atomic E-state index is 13.5. The highest BCUT2D eigenvalue weighted by molar-refractivity contribution is 5.46. The van der Waals surface area contributed by atoms with E-state index in [0.29, 0.717) is 12.5 Å². The van der Waals surface area contributed by atoms with Crippen LogP contribution in [0.5, 0.6) is 0 Å². The third kappa shape index (κ3) is 4.95. The van der Waals surface area contributed by atoms with Crippen molar-refractivity contribution >= 4 is 5.82 Å². The Kier molecular flexibility index (Phi) is 5.97. The van der Waals surface area contributed by atoms with Crippen molar-refractivity contribution in [3.8, 4) is 0 Å². The highest BCUT2D eigenvalue weighted by atomic mass is 19.1. The second-order valence-corrected chi connectivity index (χ2v) is 6.69. The maximum Gasteiger partial charge on any atom is 0.141 e. The largest absolute Gasteiger partial charge is 0.359 e. The highest BCUT2D eigenvalue weighted by Gasteiger charge is 2.19. The minimum Gasteiger partial charge on any atom is -0.359 e. The van der Waals surface area contributed by atoms with Gasteiger partial charge in [-0.1, -0.05) is 26.7 Å². The van der Waals surface area contributed by atoms with Crippen molar-refractivity contribution < 1.29 is 4.39 Å². The minimum absolute atomic E-state index is 0.255. The molecule has 2 rings (SSSR count). The van der Waals surface area contributed by atoms with Crippen molar-refractivity contribution in [1.82, 2.24) is 10.3 Å². The Hall–Kier alpha value is -1.16. The zero-order valence-corrected chi connectivity index (χ0v) is 13.5. The summed E-state index contributed by atoms with van der Waals surface area (Å²) in [6.07, 6.45) is 6.64. The summed E-state index contributed by atoms with van der Waals surface area (Å²) in [5.74, 6) is 2.01. The first kappa shape index (κ1) is 16.2. The summed E-state index contributed by atoms with van der Waals surface area (Å²) in [5.41, 5.74) is 0.955. The molecule has 0 aliphatic heterocycles. The molecule has 3 nitrogen and oxygen atoms in total. The minimum atomic E-state index is -0.255. The molecule has 1 aromatic heterocycles. The van der Waals surface area contributed by atoms with Gasteiger partial charge in [-0.05, 0) is 37.3 Å². The Balaban J connectivity index is 2.02. The molecule has 1 saturated carbocycles. The fourth-order valence-corrected chi connectivity index (χ4v) is 3.11. The molecule has 0 aromatic carbocycles. The lowest BCUT2D eigenvalue weighted by molar-refractivity contribution is 0.535. The second kappa shape index (κ2) is 7.74. The molecule has 0 atom stereocenters. The molecule has 118 valence electrons. The van der Waals surface area contributed by atoms with Gasteiger partial charge in [-0.25, -0.2) is 9.37 Å². The molecule has 0 amide bonds. The number of anilines is 1. The van der Waals surface area contributed by atoms with Gasteiger partial charge in [-0.15, -0.1) is 0 Å². The van der Waals surface area contributed by atoms with Crippen molar-refractivity contribution in [2.45, 2.75) is 46.1 Å². The van der Waals surface area contributed by atoms with Crippen LogP contribution in [0.2, 0.25) is 0 Å². The van der Waals surface area contributed by atoms with E-state index in [9.17, 15) is 4.39 Å². The van der Waals surface area contributed by atoms with Crippen LogP contribution in [-0.4, -0.2) is 25.1 Å². The van der Waals surface area contributed by atoms with Crippen molar-refractivity contribution in [2.24, 2.45) is 11.8 Å². The van der Waals surface area contributed by atoms with Crippen molar-refractivity contribution in [3.05, 3.63) is 23.6 Å². The van der Waals surface area contributed by atoms with E-state index < -0.39 is 0 Å².